The molecule has 4 aliphatic carbocycles. The molecule has 4 fully saturated rings. The Morgan fingerprint density at radius 3 is 2.35 bits per heavy atom. The SMILES string of the molecule is Fc1cc(Cl)ccc1CNC(=S)NC12CC3CC(CC(C3)C1)C2. The first-order valence-electron chi connectivity index (χ1n) is 8.51. The van der Waals surface area contributed by atoms with Crippen LogP contribution in [0.1, 0.15) is 44.1 Å². The van der Waals surface area contributed by atoms with Gasteiger partial charge in [0, 0.05) is 22.7 Å². The van der Waals surface area contributed by atoms with Crippen LogP contribution in [0.5, 0.6) is 0 Å². The Hall–Kier alpha value is -0.870. The Balaban J connectivity index is 1.37. The lowest BCUT2D eigenvalue weighted by Gasteiger charge is -2.57. The van der Waals surface area contributed by atoms with E-state index in [1.807, 2.05) is 0 Å². The van der Waals surface area contributed by atoms with Crippen molar-refractivity contribution in [2.24, 2.45) is 17.8 Å². The molecular weight excluding hydrogens is 331 g/mol. The highest BCUT2D eigenvalue weighted by atomic mass is 35.5. The van der Waals surface area contributed by atoms with Gasteiger partial charge in [0.25, 0.3) is 0 Å². The lowest BCUT2D eigenvalue weighted by Crippen LogP contribution is -2.61. The Labute approximate surface area is 147 Å². The third kappa shape index (κ3) is 3.20. The Morgan fingerprint density at radius 2 is 1.78 bits per heavy atom. The second-order valence-electron chi connectivity index (χ2n) is 7.74. The van der Waals surface area contributed by atoms with E-state index in [2.05, 4.69) is 10.6 Å². The van der Waals surface area contributed by atoms with E-state index < -0.39 is 0 Å². The molecule has 0 spiro atoms. The number of thiocarbonyl (C=S) groups is 1. The molecule has 2 N–H and O–H groups in total. The molecule has 0 aliphatic heterocycles. The Morgan fingerprint density at radius 1 is 1.17 bits per heavy atom. The summed E-state index contributed by atoms with van der Waals surface area (Å²) in [4.78, 5) is 0. The molecule has 0 atom stereocenters. The van der Waals surface area contributed by atoms with Crippen LogP contribution in [0, 0.1) is 23.6 Å². The summed E-state index contributed by atoms with van der Waals surface area (Å²) in [5.41, 5.74) is 0.779. The summed E-state index contributed by atoms with van der Waals surface area (Å²) >= 11 is 11.3. The summed E-state index contributed by atoms with van der Waals surface area (Å²) in [6.07, 6.45) is 7.98. The maximum atomic E-state index is 13.8. The molecule has 4 bridgehead atoms. The topological polar surface area (TPSA) is 24.1 Å². The van der Waals surface area contributed by atoms with Gasteiger partial charge in [-0.05, 0) is 80.6 Å². The molecule has 2 nitrogen and oxygen atoms in total. The molecule has 0 radical (unpaired) electrons. The number of rotatable bonds is 3. The van der Waals surface area contributed by atoms with Gasteiger partial charge in [-0.1, -0.05) is 17.7 Å². The molecule has 0 saturated heterocycles. The monoisotopic (exact) mass is 352 g/mol. The molecular formula is C18H22ClFN2S. The molecule has 0 amide bonds. The molecule has 124 valence electrons. The molecule has 5 heteroatoms. The molecule has 4 aliphatic rings. The van der Waals surface area contributed by atoms with Gasteiger partial charge in [-0.25, -0.2) is 4.39 Å². The second-order valence-corrected chi connectivity index (χ2v) is 8.59. The van der Waals surface area contributed by atoms with E-state index in [0.717, 1.165) is 17.8 Å². The predicted octanol–water partition coefficient (Wildman–Crippen LogP) is 4.41. The zero-order valence-corrected chi connectivity index (χ0v) is 14.7. The lowest BCUT2D eigenvalue weighted by molar-refractivity contribution is -0.0101. The minimum atomic E-state index is -0.289. The highest BCUT2D eigenvalue weighted by molar-refractivity contribution is 7.80. The van der Waals surface area contributed by atoms with Crippen LogP contribution >= 0.6 is 23.8 Å². The molecule has 1 aromatic rings. The summed E-state index contributed by atoms with van der Waals surface area (Å²) in [6.45, 7) is 0.390. The fourth-order valence-electron chi connectivity index (χ4n) is 5.39. The molecule has 0 aromatic heterocycles. The number of nitrogens with one attached hydrogen (secondary N) is 2. The van der Waals surface area contributed by atoms with Gasteiger partial charge in [0.15, 0.2) is 5.11 Å². The first-order chi connectivity index (χ1) is 11.0. The van der Waals surface area contributed by atoms with Crippen LogP contribution < -0.4 is 10.6 Å². The zero-order chi connectivity index (χ0) is 16.0. The molecule has 0 unspecified atom stereocenters. The number of hydrogen-bond acceptors (Lipinski definition) is 1. The Bertz CT molecular complexity index is 598. The van der Waals surface area contributed by atoms with Crippen molar-refractivity contribution < 1.29 is 4.39 Å². The van der Waals surface area contributed by atoms with Crippen LogP contribution in [0.25, 0.3) is 0 Å². The first-order valence-corrected chi connectivity index (χ1v) is 9.30. The van der Waals surface area contributed by atoms with Crippen LogP contribution in [0.2, 0.25) is 5.02 Å². The maximum Gasteiger partial charge on any atom is 0.166 e. The minimum absolute atomic E-state index is 0.192. The average Bonchev–Trinajstić information content (AvgIpc) is 2.44. The van der Waals surface area contributed by atoms with E-state index in [1.54, 1.807) is 12.1 Å². The van der Waals surface area contributed by atoms with Gasteiger partial charge < -0.3 is 10.6 Å². The van der Waals surface area contributed by atoms with Gasteiger partial charge in [0.05, 0.1) is 0 Å². The molecule has 5 rings (SSSR count). The number of benzene rings is 1. The normalized spacial score (nSPS) is 34.4. The van der Waals surface area contributed by atoms with Crippen molar-refractivity contribution in [2.75, 3.05) is 0 Å². The summed E-state index contributed by atoms with van der Waals surface area (Å²) in [7, 11) is 0. The third-order valence-electron chi connectivity index (χ3n) is 5.87. The van der Waals surface area contributed by atoms with Crippen molar-refractivity contribution in [3.63, 3.8) is 0 Å². The van der Waals surface area contributed by atoms with Crippen molar-refractivity contribution >= 4 is 28.9 Å². The van der Waals surface area contributed by atoms with E-state index in [4.69, 9.17) is 23.8 Å². The highest BCUT2D eigenvalue weighted by Gasteiger charge is 2.51. The van der Waals surface area contributed by atoms with Gasteiger partial charge in [-0.15, -0.1) is 0 Å². The van der Waals surface area contributed by atoms with Crippen LogP contribution in [0.15, 0.2) is 18.2 Å². The van der Waals surface area contributed by atoms with Crippen LogP contribution in [-0.4, -0.2) is 10.7 Å². The number of hydrogen-bond donors (Lipinski definition) is 2. The fraction of sp³-hybridized carbons (Fsp3) is 0.611. The van der Waals surface area contributed by atoms with Gasteiger partial charge in [0.2, 0.25) is 0 Å². The van der Waals surface area contributed by atoms with Gasteiger partial charge in [0.1, 0.15) is 5.82 Å². The largest absolute Gasteiger partial charge is 0.359 e. The quantitative estimate of drug-likeness (QED) is 0.788. The zero-order valence-electron chi connectivity index (χ0n) is 13.1. The van der Waals surface area contributed by atoms with E-state index in [-0.39, 0.29) is 11.4 Å². The van der Waals surface area contributed by atoms with E-state index in [9.17, 15) is 4.39 Å². The maximum absolute atomic E-state index is 13.8. The van der Waals surface area contributed by atoms with Crippen LogP contribution in [-0.2, 0) is 6.54 Å². The first kappa shape index (κ1) is 15.6. The summed E-state index contributed by atoms with van der Waals surface area (Å²) in [5, 5.41) is 7.84. The number of halogens is 2. The molecule has 0 heterocycles. The average molecular weight is 353 g/mol. The van der Waals surface area contributed by atoms with Crippen molar-refractivity contribution in [1.29, 1.82) is 0 Å². The Kier molecular flexibility index (Phi) is 4.01. The van der Waals surface area contributed by atoms with Crippen molar-refractivity contribution in [1.82, 2.24) is 10.6 Å². The van der Waals surface area contributed by atoms with Gasteiger partial charge >= 0.3 is 0 Å². The van der Waals surface area contributed by atoms with Gasteiger partial charge in [-0.3, -0.25) is 0 Å². The summed E-state index contributed by atoms with van der Waals surface area (Å²) in [6, 6.07) is 4.75. The molecule has 4 saturated carbocycles. The van der Waals surface area contributed by atoms with Gasteiger partial charge in [-0.2, -0.15) is 0 Å². The predicted molar refractivity (Wildman–Crippen MR) is 94.9 cm³/mol. The summed E-state index contributed by atoms with van der Waals surface area (Å²) in [5.74, 6) is 2.35. The minimum Gasteiger partial charge on any atom is -0.359 e. The fourth-order valence-corrected chi connectivity index (χ4v) is 5.84. The van der Waals surface area contributed by atoms with Crippen molar-refractivity contribution in [3.05, 3.63) is 34.6 Å². The molecule has 23 heavy (non-hydrogen) atoms. The van der Waals surface area contributed by atoms with Crippen LogP contribution in [0.3, 0.4) is 0 Å². The lowest BCUT2D eigenvalue weighted by atomic mass is 9.53. The van der Waals surface area contributed by atoms with Crippen molar-refractivity contribution in [3.8, 4) is 0 Å². The van der Waals surface area contributed by atoms with E-state index >= 15 is 0 Å². The molecule has 1 aromatic carbocycles. The second kappa shape index (κ2) is 5.89. The highest BCUT2D eigenvalue weighted by Crippen LogP contribution is 2.55. The van der Waals surface area contributed by atoms with Crippen LogP contribution in [0.4, 0.5) is 4.39 Å². The standard InChI is InChI=1S/C18H22ClFN2S/c19-15-2-1-14(16(20)6-15)10-21-17(23)22-18-7-11-3-12(8-18)5-13(4-11)9-18/h1-2,6,11-13H,3-5,7-10H2,(H2,21,22,23). The van der Waals surface area contributed by atoms with Crippen molar-refractivity contribution in [2.45, 2.75) is 50.6 Å². The van der Waals surface area contributed by atoms with E-state index in [0.29, 0.717) is 22.2 Å². The third-order valence-corrected chi connectivity index (χ3v) is 6.35. The summed E-state index contributed by atoms with van der Waals surface area (Å²) < 4.78 is 13.8. The van der Waals surface area contributed by atoms with E-state index in [1.165, 1.54) is 44.6 Å². The smallest absolute Gasteiger partial charge is 0.166 e.